The molecule has 0 fully saturated rings. The molecule has 3 heterocycles. The quantitative estimate of drug-likeness (QED) is 0.300. The van der Waals surface area contributed by atoms with Crippen LogP contribution >= 0.6 is 34.3 Å². The minimum atomic E-state index is -0.591. The van der Waals surface area contributed by atoms with Gasteiger partial charge in [0.05, 0.1) is 22.4 Å². The predicted octanol–water partition coefficient (Wildman–Crippen LogP) is 5.09. The Morgan fingerprint density at radius 2 is 2.00 bits per heavy atom. The Kier molecular flexibility index (Phi) is 7.41. The third kappa shape index (κ3) is 5.18. The van der Waals surface area contributed by atoms with Crippen LogP contribution in [0, 0.1) is 0 Å². The lowest BCUT2D eigenvalue weighted by Crippen LogP contribution is -2.39. The third-order valence-corrected chi connectivity index (χ3v) is 7.96. The van der Waals surface area contributed by atoms with E-state index in [9.17, 15) is 9.59 Å². The molecule has 2 aromatic carbocycles. The molecule has 0 unspecified atom stereocenters. The minimum absolute atomic E-state index is 0.221. The van der Waals surface area contributed by atoms with Gasteiger partial charge < -0.3 is 9.47 Å². The normalized spacial score (nSPS) is 15.3. The van der Waals surface area contributed by atoms with Gasteiger partial charge in [-0.25, -0.2) is 9.79 Å². The Labute approximate surface area is 226 Å². The van der Waals surface area contributed by atoms with Crippen LogP contribution in [0.25, 0.3) is 6.08 Å². The number of halogens is 1. The average molecular weight is 551 g/mol. The highest BCUT2D eigenvalue weighted by atomic mass is 35.5. The van der Waals surface area contributed by atoms with Gasteiger partial charge in [-0.15, -0.1) is 11.3 Å². The number of hydrogen-bond donors (Lipinski definition) is 0. The van der Waals surface area contributed by atoms with Crippen molar-refractivity contribution < 1.29 is 14.3 Å². The van der Waals surface area contributed by atoms with Crippen molar-refractivity contribution in [1.29, 1.82) is 0 Å². The number of carbonyl (C=O) groups excluding carboxylic acids is 1. The number of fused-ring (bicyclic) bond motifs is 1. The van der Waals surface area contributed by atoms with Gasteiger partial charge in [-0.05, 0) is 55.1 Å². The lowest BCUT2D eigenvalue weighted by Gasteiger charge is -2.23. The first-order valence-electron chi connectivity index (χ1n) is 11.7. The van der Waals surface area contributed by atoms with Gasteiger partial charge >= 0.3 is 5.97 Å². The summed E-state index contributed by atoms with van der Waals surface area (Å²) in [5, 5.41) is 2.57. The first kappa shape index (κ1) is 25.2. The molecule has 9 heteroatoms. The maximum atomic E-state index is 13.7. The van der Waals surface area contributed by atoms with E-state index in [0.717, 1.165) is 16.0 Å². The van der Waals surface area contributed by atoms with Crippen molar-refractivity contribution in [3.63, 3.8) is 0 Å². The Morgan fingerprint density at radius 3 is 2.76 bits per heavy atom. The van der Waals surface area contributed by atoms with Crippen LogP contribution < -0.4 is 19.6 Å². The van der Waals surface area contributed by atoms with Crippen molar-refractivity contribution in [2.45, 2.75) is 26.5 Å². The first-order valence-corrected chi connectivity index (χ1v) is 13.7. The molecule has 4 aromatic rings. The van der Waals surface area contributed by atoms with Crippen molar-refractivity contribution in [3.05, 3.63) is 118 Å². The maximum absolute atomic E-state index is 13.7. The number of benzene rings is 2. The Balaban J connectivity index is 1.57. The van der Waals surface area contributed by atoms with E-state index in [4.69, 9.17) is 21.1 Å². The molecule has 188 valence electrons. The monoisotopic (exact) mass is 550 g/mol. The standard InChI is InChI=1S/C28H23ClN2O4S2/c1-3-34-27(33)24-17(2)30-28-31(25(24)22-12-7-13-36-22)26(32)23(37-28)15-19-9-4-5-11-21(19)35-16-18-8-6-10-20(29)14-18/h4-15,25H,3,16H2,1-2H3/b23-15-/t25-/m1/s1. The second-order valence-electron chi connectivity index (χ2n) is 8.27. The van der Waals surface area contributed by atoms with Gasteiger partial charge in [0.1, 0.15) is 18.4 Å². The Bertz CT molecular complexity index is 1670. The number of hydrogen-bond acceptors (Lipinski definition) is 7. The van der Waals surface area contributed by atoms with Gasteiger partial charge in [0.2, 0.25) is 0 Å². The molecule has 0 radical (unpaired) electrons. The number of rotatable bonds is 7. The molecule has 6 nitrogen and oxygen atoms in total. The van der Waals surface area contributed by atoms with E-state index in [0.29, 0.717) is 38.0 Å². The van der Waals surface area contributed by atoms with Crippen LogP contribution in [0.4, 0.5) is 0 Å². The summed E-state index contributed by atoms with van der Waals surface area (Å²) < 4.78 is 13.5. The number of aromatic nitrogens is 1. The van der Waals surface area contributed by atoms with Gasteiger partial charge in [0, 0.05) is 15.5 Å². The van der Waals surface area contributed by atoms with Gasteiger partial charge in [-0.1, -0.05) is 59.3 Å². The molecule has 1 aliphatic rings. The van der Waals surface area contributed by atoms with E-state index in [2.05, 4.69) is 4.99 Å². The molecule has 0 spiro atoms. The lowest BCUT2D eigenvalue weighted by molar-refractivity contribution is -0.139. The summed E-state index contributed by atoms with van der Waals surface area (Å²) in [5.41, 5.74) is 2.42. The van der Waals surface area contributed by atoms with Crippen molar-refractivity contribution >= 4 is 46.3 Å². The Morgan fingerprint density at radius 1 is 1.16 bits per heavy atom. The number of thiazole rings is 1. The first-order chi connectivity index (χ1) is 18.0. The molecule has 0 saturated carbocycles. The molecule has 0 saturated heterocycles. The average Bonchev–Trinajstić information content (AvgIpc) is 3.51. The fourth-order valence-corrected chi connectivity index (χ4v) is 6.24. The molecule has 0 N–H and O–H groups in total. The molecule has 0 aliphatic carbocycles. The molecule has 1 aliphatic heterocycles. The zero-order valence-electron chi connectivity index (χ0n) is 20.1. The summed E-state index contributed by atoms with van der Waals surface area (Å²) in [6, 6.07) is 18.3. The second kappa shape index (κ2) is 10.9. The number of esters is 1. The van der Waals surface area contributed by atoms with E-state index in [1.807, 2.05) is 72.1 Å². The lowest BCUT2D eigenvalue weighted by atomic mass is 10.0. The smallest absolute Gasteiger partial charge is 0.338 e. The van der Waals surface area contributed by atoms with Crippen LogP contribution in [0.1, 0.15) is 35.9 Å². The molecule has 0 bridgehead atoms. The zero-order valence-corrected chi connectivity index (χ0v) is 22.5. The summed E-state index contributed by atoms with van der Waals surface area (Å²) >= 11 is 8.87. The largest absolute Gasteiger partial charge is 0.488 e. The number of nitrogens with zero attached hydrogens (tertiary/aromatic N) is 2. The summed E-state index contributed by atoms with van der Waals surface area (Å²) in [7, 11) is 0. The van der Waals surface area contributed by atoms with Crippen LogP contribution in [0.3, 0.4) is 0 Å². The fourth-order valence-electron chi connectivity index (χ4n) is 4.17. The van der Waals surface area contributed by atoms with Crippen molar-refractivity contribution in [2.24, 2.45) is 4.99 Å². The van der Waals surface area contributed by atoms with Crippen LogP contribution in [0.2, 0.25) is 5.02 Å². The highest BCUT2D eigenvalue weighted by Crippen LogP contribution is 2.33. The number of para-hydroxylation sites is 1. The second-order valence-corrected chi connectivity index (χ2v) is 10.7. The topological polar surface area (TPSA) is 69.9 Å². The minimum Gasteiger partial charge on any atom is -0.488 e. The molecular weight excluding hydrogens is 528 g/mol. The SMILES string of the molecule is CCOC(=O)C1=C(C)N=c2s/c(=C\c3ccccc3OCc3cccc(Cl)c3)c(=O)n2[C@@H]1c1cccs1. The van der Waals surface area contributed by atoms with Crippen LogP contribution in [-0.4, -0.2) is 17.1 Å². The van der Waals surface area contributed by atoms with Gasteiger partial charge in [0.25, 0.3) is 5.56 Å². The Hall–Kier alpha value is -3.46. The maximum Gasteiger partial charge on any atom is 0.338 e. The summed E-state index contributed by atoms with van der Waals surface area (Å²) in [6.07, 6.45) is 1.81. The number of carbonyl (C=O) groups is 1. The summed E-state index contributed by atoms with van der Waals surface area (Å²) in [6.45, 7) is 4.12. The van der Waals surface area contributed by atoms with Crippen molar-refractivity contribution in [3.8, 4) is 5.75 Å². The van der Waals surface area contributed by atoms with Gasteiger partial charge in [-0.3, -0.25) is 9.36 Å². The van der Waals surface area contributed by atoms with Gasteiger partial charge in [-0.2, -0.15) is 0 Å². The highest BCUT2D eigenvalue weighted by Gasteiger charge is 2.33. The molecule has 37 heavy (non-hydrogen) atoms. The summed E-state index contributed by atoms with van der Waals surface area (Å²) in [5.74, 6) is 0.183. The molecular formula is C28H23ClN2O4S2. The van der Waals surface area contributed by atoms with Crippen LogP contribution in [-0.2, 0) is 16.1 Å². The van der Waals surface area contributed by atoms with Crippen molar-refractivity contribution in [2.75, 3.05) is 6.61 Å². The summed E-state index contributed by atoms with van der Waals surface area (Å²) in [4.78, 5) is 32.7. The van der Waals surface area contributed by atoms with Crippen LogP contribution in [0.15, 0.2) is 87.1 Å². The third-order valence-electron chi connectivity index (χ3n) is 5.82. The molecule has 5 rings (SSSR count). The molecule has 0 amide bonds. The molecule has 2 aromatic heterocycles. The van der Waals surface area contributed by atoms with Crippen molar-refractivity contribution in [1.82, 2.24) is 4.57 Å². The fraction of sp³-hybridized carbons (Fsp3) is 0.179. The predicted molar refractivity (Wildman–Crippen MR) is 147 cm³/mol. The zero-order chi connectivity index (χ0) is 25.9. The number of ether oxygens (including phenoxy) is 2. The van der Waals surface area contributed by atoms with E-state index >= 15 is 0 Å². The molecule has 1 atom stereocenters. The van der Waals surface area contributed by atoms with E-state index in [1.165, 1.54) is 22.7 Å². The highest BCUT2D eigenvalue weighted by molar-refractivity contribution is 7.10. The van der Waals surface area contributed by atoms with Crippen LogP contribution in [0.5, 0.6) is 5.75 Å². The van der Waals surface area contributed by atoms with E-state index in [1.54, 1.807) is 18.4 Å². The van der Waals surface area contributed by atoms with E-state index < -0.39 is 12.0 Å². The van der Waals surface area contributed by atoms with E-state index in [-0.39, 0.29) is 12.2 Å². The number of thiophene rings is 1. The van der Waals surface area contributed by atoms with Gasteiger partial charge in [0.15, 0.2) is 4.80 Å². The number of allylic oxidation sites excluding steroid dienone is 1.